The van der Waals surface area contributed by atoms with Gasteiger partial charge < -0.3 is 24.4 Å². The van der Waals surface area contributed by atoms with E-state index in [1.807, 2.05) is 6.92 Å². The second kappa shape index (κ2) is 15.8. The minimum absolute atomic E-state index is 0.0964. The molecule has 13 atom stereocenters. The lowest BCUT2D eigenvalue weighted by atomic mass is 9.43. The molecule has 320 valence electrons. The summed E-state index contributed by atoms with van der Waals surface area (Å²) in [7, 11) is -15.6. The van der Waals surface area contributed by atoms with E-state index in [1.165, 1.54) is 24.3 Å². The molecule has 5 fully saturated rings. The Hall–Kier alpha value is -2.53. The standard InChI is InChI=1S/C37H52O17S3/c1-19(2)14-29(38)52-32-31(54-57(47,48)49)30(53-56(44,45)46)27(18-55(42,43)24-9-6-20(3)7-10-24)51-35(32)50-23-15-25(34(40)41)26-12-13-37-16-22(21(4)33(37)39)8-11-28(37)36(26,5)17-23/h6-7,9-10,19,22-23,25-28,30-33,35,39H,4,8,11-18H2,1-3,5H3,(H,40,41)(H,44,45,46)(H,47,48,49)/t22?,23?,25?,26?,27-,28?,30+,31+,32?,33-,35+,36?,37?/m0/s1. The number of carboxylic acid groups (broad SMARTS) is 1. The Morgan fingerprint density at radius 1 is 0.947 bits per heavy atom. The lowest BCUT2D eigenvalue weighted by Gasteiger charge is -2.62. The molecule has 0 radical (unpaired) electrons. The van der Waals surface area contributed by atoms with Crippen LogP contribution in [0.5, 0.6) is 0 Å². The second-order valence-electron chi connectivity index (χ2n) is 17.2. The fourth-order valence-electron chi connectivity index (χ4n) is 10.9. The molecule has 1 saturated heterocycles. The molecule has 1 aromatic rings. The molecule has 5 aliphatic rings. The molecule has 1 aromatic carbocycles. The molecule has 4 aliphatic carbocycles. The summed E-state index contributed by atoms with van der Waals surface area (Å²) < 4.78 is 124. The van der Waals surface area contributed by atoms with E-state index in [4.69, 9.17) is 22.6 Å². The molecule has 57 heavy (non-hydrogen) atoms. The Kier molecular flexibility index (Phi) is 12.2. The summed E-state index contributed by atoms with van der Waals surface area (Å²) in [6.07, 6.45) is -9.55. The van der Waals surface area contributed by atoms with Crippen LogP contribution < -0.4 is 0 Å². The fraction of sp³-hybridized carbons (Fsp3) is 0.730. The maximum atomic E-state index is 13.8. The van der Waals surface area contributed by atoms with Gasteiger partial charge in [0, 0.05) is 11.8 Å². The number of hydrogen-bond donors (Lipinski definition) is 4. The zero-order valence-electron chi connectivity index (χ0n) is 32.1. The lowest BCUT2D eigenvalue weighted by molar-refractivity contribution is -0.309. The summed E-state index contributed by atoms with van der Waals surface area (Å²) >= 11 is 0. The van der Waals surface area contributed by atoms with Crippen LogP contribution in [0.15, 0.2) is 41.3 Å². The second-order valence-corrected chi connectivity index (χ2v) is 21.3. The van der Waals surface area contributed by atoms with Gasteiger partial charge in [-0.15, -0.1) is 0 Å². The summed E-state index contributed by atoms with van der Waals surface area (Å²) in [6.45, 7) is 11.2. The third-order valence-corrected chi connectivity index (χ3v) is 15.8. The summed E-state index contributed by atoms with van der Waals surface area (Å²) in [4.78, 5) is 26.0. The molecule has 6 rings (SSSR count). The topological polar surface area (TPSA) is 264 Å². The summed E-state index contributed by atoms with van der Waals surface area (Å²) in [5, 5.41) is 22.2. The quantitative estimate of drug-likeness (QED) is 0.0957. The number of benzene rings is 1. The van der Waals surface area contributed by atoms with Crippen LogP contribution in [0.25, 0.3) is 0 Å². The highest BCUT2D eigenvalue weighted by molar-refractivity contribution is 7.91. The number of esters is 1. The fourth-order valence-corrected chi connectivity index (χ4v) is 13.3. The van der Waals surface area contributed by atoms with Gasteiger partial charge in [-0.1, -0.05) is 45.0 Å². The number of carbonyl (C=O) groups excluding carboxylic acids is 1. The van der Waals surface area contributed by atoms with Crippen LogP contribution in [0, 0.1) is 47.3 Å². The van der Waals surface area contributed by atoms with E-state index in [0.29, 0.717) is 31.2 Å². The van der Waals surface area contributed by atoms with E-state index < -0.39 is 108 Å². The molecule has 1 spiro atoms. The van der Waals surface area contributed by atoms with E-state index in [-0.39, 0.29) is 47.8 Å². The first-order chi connectivity index (χ1) is 26.3. The van der Waals surface area contributed by atoms with Crippen LogP contribution in [0.1, 0.15) is 77.7 Å². The first kappa shape index (κ1) is 44.0. The van der Waals surface area contributed by atoms with Crippen molar-refractivity contribution in [2.75, 3.05) is 5.75 Å². The molecule has 1 heterocycles. The van der Waals surface area contributed by atoms with Crippen molar-refractivity contribution in [3.63, 3.8) is 0 Å². The average molecular weight is 865 g/mol. The molecule has 8 unspecified atom stereocenters. The molecule has 0 aromatic heterocycles. The molecule has 20 heteroatoms. The molecule has 17 nitrogen and oxygen atoms in total. The van der Waals surface area contributed by atoms with Crippen molar-refractivity contribution in [1.29, 1.82) is 0 Å². The summed E-state index contributed by atoms with van der Waals surface area (Å²) in [5.74, 6) is -4.81. The number of carboxylic acids is 1. The first-order valence-corrected chi connectivity index (χ1v) is 23.4. The van der Waals surface area contributed by atoms with Crippen molar-refractivity contribution in [2.24, 2.45) is 40.4 Å². The Bertz CT molecular complexity index is 2050. The van der Waals surface area contributed by atoms with Crippen LogP contribution in [0.4, 0.5) is 0 Å². The van der Waals surface area contributed by atoms with Crippen LogP contribution in [0.2, 0.25) is 0 Å². The largest absolute Gasteiger partial charge is 0.481 e. The van der Waals surface area contributed by atoms with Gasteiger partial charge in [0.1, 0.15) is 12.2 Å². The maximum absolute atomic E-state index is 13.8. The van der Waals surface area contributed by atoms with Gasteiger partial charge in [-0.3, -0.25) is 18.7 Å². The number of ether oxygens (including phenoxy) is 3. The Morgan fingerprint density at radius 3 is 2.18 bits per heavy atom. The van der Waals surface area contributed by atoms with Crippen molar-refractivity contribution in [2.45, 2.75) is 127 Å². The highest BCUT2D eigenvalue weighted by Crippen LogP contribution is 2.70. The lowest BCUT2D eigenvalue weighted by Crippen LogP contribution is -2.64. The zero-order chi connectivity index (χ0) is 42.0. The van der Waals surface area contributed by atoms with Gasteiger partial charge in [-0.05, 0) is 98.7 Å². The van der Waals surface area contributed by atoms with Gasteiger partial charge in [-0.25, -0.2) is 16.8 Å². The van der Waals surface area contributed by atoms with Gasteiger partial charge >= 0.3 is 32.7 Å². The summed E-state index contributed by atoms with van der Waals surface area (Å²) in [5.41, 5.74) is 0.215. The number of aliphatic carboxylic acids is 1. The van der Waals surface area contributed by atoms with Crippen LogP contribution in [0.3, 0.4) is 0 Å². The highest BCUT2D eigenvalue weighted by atomic mass is 32.3. The van der Waals surface area contributed by atoms with Crippen molar-refractivity contribution in [1.82, 2.24) is 0 Å². The molecular weight excluding hydrogens is 813 g/mol. The average Bonchev–Trinajstić information content (AvgIpc) is 3.25. The van der Waals surface area contributed by atoms with E-state index >= 15 is 0 Å². The van der Waals surface area contributed by atoms with E-state index in [2.05, 4.69) is 6.58 Å². The predicted octanol–water partition coefficient (Wildman–Crippen LogP) is 3.46. The molecular formula is C37H52O17S3. The maximum Gasteiger partial charge on any atom is 0.397 e. The highest BCUT2D eigenvalue weighted by Gasteiger charge is 2.67. The van der Waals surface area contributed by atoms with Crippen molar-refractivity contribution < 1.29 is 76.7 Å². The number of carbonyl (C=O) groups is 2. The van der Waals surface area contributed by atoms with E-state index in [0.717, 1.165) is 12.0 Å². The van der Waals surface area contributed by atoms with Gasteiger partial charge in [0.05, 0.1) is 28.8 Å². The predicted molar refractivity (Wildman–Crippen MR) is 199 cm³/mol. The van der Waals surface area contributed by atoms with Crippen molar-refractivity contribution in [3.8, 4) is 0 Å². The Morgan fingerprint density at radius 2 is 1.58 bits per heavy atom. The van der Waals surface area contributed by atoms with E-state index in [1.54, 1.807) is 20.8 Å². The number of hydrogen-bond acceptors (Lipinski definition) is 14. The number of aliphatic hydroxyl groups excluding tert-OH is 1. The van der Waals surface area contributed by atoms with Gasteiger partial charge in [0.25, 0.3) is 0 Å². The molecule has 4 N–H and O–H groups in total. The van der Waals surface area contributed by atoms with Gasteiger partial charge in [0.15, 0.2) is 28.3 Å². The molecule has 1 aliphatic heterocycles. The number of aliphatic hydroxyl groups is 1. The van der Waals surface area contributed by atoms with Crippen molar-refractivity contribution in [3.05, 3.63) is 42.0 Å². The van der Waals surface area contributed by atoms with Crippen molar-refractivity contribution >= 4 is 42.6 Å². The van der Waals surface area contributed by atoms with Crippen LogP contribution in [-0.4, -0.2) is 105 Å². The van der Waals surface area contributed by atoms with Crippen LogP contribution in [-0.2, 0) is 62.8 Å². The Balaban J connectivity index is 1.42. The third-order valence-electron chi connectivity index (χ3n) is 13.1. The SMILES string of the molecule is C=C1C2CCC3C4(C)CC(O[C@@H]5O[C@@H](CS(=O)(=O)c6ccc(C)cc6)[C@@H](OS(=O)(=O)O)[C@@H](OS(=O)(=O)O)C5OC(=O)CC(C)C)CC(C(=O)O)C4CCC3(C2)[C@H]1O. The van der Waals surface area contributed by atoms with Gasteiger partial charge in [-0.2, -0.15) is 16.8 Å². The number of fused-ring (bicyclic) bond motifs is 3. The molecule has 4 saturated carbocycles. The number of aryl methyl sites for hydroxylation is 1. The van der Waals surface area contributed by atoms with Crippen LogP contribution >= 0.6 is 0 Å². The van der Waals surface area contributed by atoms with Gasteiger partial charge in [0.2, 0.25) is 0 Å². The molecule has 2 bridgehead atoms. The Labute approximate surface area is 333 Å². The normalized spacial score (nSPS) is 38.3. The van der Waals surface area contributed by atoms with E-state index in [9.17, 15) is 54.2 Å². The number of rotatable bonds is 13. The minimum Gasteiger partial charge on any atom is -0.481 e. The zero-order valence-corrected chi connectivity index (χ0v) is 34.6. The monoisotopic (exact) mass is 864 g/mol. The first-order valence-electron chi connectivity index (χ1n) is 19.0. The minimum atomic E-state index is -5.58. The smallest absolute Gasteiger partial charge is 0.397 e. The molecule has 0 amide bonds. The third kappa shape index (κ3) is 9.00. The number of sulfone groups is 1. The summed E-state index contributed by atoms with van der Waals surface area (Å²) in [6, 6.07) is 5.54.